The van der Waals surface area contributed by atoms with Crippen LogP contribution in [-0.4, -0.2) is 37.8 Å². The van der Waals surface area contributed by atoms with Crippen LogP contribution in [0.5, 0.6) is 17.2 Å². The summed E-state index contributed by atoms with van der Waals surface area (Å²) in [5.74, 6) is 2.34. The monoisotopic (exact) mass is 464 g/mol. The summed E-state index contributed by atoms with van der Waals surface area (Å²) in [7, 11) is 3.31. The molecule has 0 bridgehead atoms. The largest absolute Gasteiger partial charge is 0.497 e. The molecule has 0 saturated carbocycles. The van der Waals surface area contributed by atoms with E-state index in [2.05, 4.69) is 17.6 Å². The first kappa shape index (κ1) is 24.1. The van der Waals surface area contributed by atoms with Crippen molar-refractivity contribution in [1.82, 2.24) is 10.4 Å². The first-order valence-corrected chi connectivity index (χ1v) is 12.1. The van der Waals surface area contributed by atoms with Gasteiger partial charge < -0.3 is 14.2 Å². The third-order valence-corrected chi connectivity index (χ3v) is 6.90. The molecule has 2 aromatic carbocycles. The number of carbonyl (C=O) groups excluding carboxylic acids is 1. The molecule has 1 N–H and O–H groups in total. The second-order valence-corrected chi connectivity index (χ2v) is 9.60. The van der Waals surface area contributed by atoms with Crippen LogP contribution in [0.3, 0.4) is 0 Å². The van der Waals surface area contributed by atoms with E-state index in [0.717, 1.165) is 37.0 Å². The molecular formula is C28H36N2O4. The van der Waals surface area contributed by atoms with Gasteiger partial charge in [-0.3, -0.25) is 9.80 Å². The molecule has 1 fully saturated rings. The Labute approximate surface area is 202 Å². The van der Waals surface area contributed by atoms with Crippen LogP contribution in [0.15, 0.2) is 54.6 Å². The topological polar surface area (TPSA) is 60.0 Å². The Bertz CT molecular complexity index is 1020. The van der Waals surface area contributed by atoms with Gasteiger partial charge in [0.2, 0.25) is 5.91 Å². The number of ether oxygens (including phenoxy) is 3. The van der Waals surface area contributed by atoms with E-state index in [0.29, 0.717) is 18.1 Å². The molecule has 1 unspecified atom stereocenters. The number of hydrazine groups is 1. The van der Waals surface area contributed by atoms with E-state index in [1.165, 1.54) is 12.0 Å². The third kappa shape index (κ3) is 5.07. The highest BCUT2D eigenvalue weighted by molar-refractivity contribution is 5.85. The van der Waals surface area contributed by atoms with Crippen LogP contribution in [0.25, 0.3) is 0 Å². The highest BCUT2D eigenvalue weighted by atomic mass is 16.5. The Kier molecular flexibility index (Phi) is 7.47. The fourth-order valence-electron chi connectivity index (χ4n) is 4.77. The minimum atomic E-state index is -0.574. The lowest BCUT2D eigenvalue weighted by molar-refractivity contribution is -0.137. The molecule has 0 aromatic heterocycles. The molecule has 1 heterocycles. The molecule has 6 nitrogen and oxygen atoms in total. The van der Waals surface area contributed by atoms with Crippen molar-refractivity contribution >= 4 is 5.91 Å². The number of rotatable bonds is 8. The predicted octanol–water partition coefficient (Wildman–Crippen LogP) is 5.24. The summed E-state index contributed by atoms with van der Waals surface area (Å²) in [5, 5.41) is 1.85. The quantitative estimate of drug-likeness (QED) is 0.542. The van der Waals surface area contributed by atoms with Crippen LogP contribution in [0.1, 0.15) is 56.7 Å². The number of amides is 1. The number of benzene rings is 2. The normalized spacial score (nSPS) is 21.9. The smallest absolute Gasteiger partial charge is 0.244 e. The van der Waals surface area contributed by atoms with Gasteiger partial charge in [0.05, 0.1) is 38.3 Å². The van der Waals surface area contributed by atoms with Crippen LogP contribution < -0.4 is 19.6 Å². The molecule has 1 aliphatic carbocycles. The van der Waals surface area contributed by atoms with Gasteiger partial charge in [0.1, 0.15) is 5.75 Å². The second-order valence-electron chi connectivity index (χ2n) is 9.60. The summed E-state index contributed by atoms with van der Waals surface area (Å²) in [4.78, 5) is 13.4. The van der Waals surface area contributed by atoms with Gasteiger partial charge in [-0.25, -0.2) is 5.43 Å². The number of hydrogen-bond acceptors (Lipinski definition) is 5. The van der Waals surface area contributed by atoms with Crippen LogP contribution in [0, 0.1) is 5.41 Å². The van der Waals surface area contributed by atoms with Gasteiger partial charge in [-0.2, -0.15) is 0 Å². The van der Waals surface area contributed by atoms with Crippen LogP contribution in [0.4, 0.5) is 0 Å². The summed E-state index contributed by atoms with van der Waals surface area (Å²) < 4.78 is 16.9. The minimum absolute atomic E-state index is 0.0951. The lowest BCUT2D eigenvalue weighted by Gasteiger charge is -2.25. The van der Waals surface area contributed by atoms with Crippen molar-refractivity contribution in [3.05, 3.63) is 65.7 Å². The first-order chi connectivity index (χ1) is 16.4. The van der Waals surface area contributed by atoms with Crippen LogP contribution in [0.2, 0.25) is 0 Å². The highest BCUT2D eigenvalue weighted by Crippen LogP contribution is 2.43. The number of nitrogens with zero attached hydrogens (tertiary/aromatic N) is 1. The zero-order chi connectivity index (χ0) is 24.1. The Morgan fingerprint density at radius 1 is 1.03 bits per heavy atom. The van der Waals surface area contributed by atoms with E-state index in [9.17, 15) is 4.79 Å². The lowest BCUT2D eigenvalue weighted by Crippen LogP contribution is -2.43. The summed E-state index contributed by atoms with van der Waals surface area (Å²) in [6.45, 7) is 4.55. The van der Waals surface area contributed by atoms with Gasteiger partial charge >= 0.3 is 0 Å². The van der Waals surface area contributed by atoms with Crippen molar-refractivity contribution in [3.8, 4) is 17.2 Å². The number of hydrogen-bond donors (Lipinski definition) is 1. The molecule has 2 aromatic rings. The molecule has 182 valence electrons. The number of nitrogens with one attached hydrogen (secondary N) is 1. The maximum atomic E-state index is 13.4. The van der Waals surface area contributed by atoms with Crippen molar-refractivity contribution in [2.45, 2.75) is 58.0 Å². The van der Waals surface area contributed by atoms with Gasteiger partial charge in [0.25, 0.3) is 0 Å². The summed E-state index contributed by atoms with van der Waals surface area (Å²) >= 11 is 0. The molecule has 1 amide bonds. The van der Waals surface area contributed by atoms with Crippen molar-refractivity contribution in [1.29, 1.82) is 0 Å². The average molecular weight is 465 g/mol. The van der Waals surface area contributed by atoms with Crippen molar-refractivity contribution in [3.63, 3.8) is 0 Å². The Hall–Kier alpha value is -2.99. The maximum absolute atomic E-state index is 13.4. The minimum Gasteiger partial charge on any atom is -0.497 e. The molecule has 2 aliphatic rings. The standard InChI is InChI=1S/C28H36N2O4/c1-28(2)26(29-30(27(28)31)22-9-7-5-6-8-10-22)21-13-16-24(33-4)25(19-21)34-18-17-20-11-14-23(32-3)15-12-20/h7,9,11-16,19,22,26,29H,5-6,8,10,17-18H2,1-4H3/t22-,26?/m0/s1. The molecule has 0 spiro atoms. The molecule has 1 saturated heterocycles. The fourth-order valence-corrected chi connectivity index (χ4v) is 4.77. The van der Waals surface area contributed by atoms with E-state index in [-0.39, 0.29) is 18.0 Å². The first-order valence-electron chi connectivity index (χ1n) is 12.1. The van der Waals surface area contributed by atoms with Crippen LogP contribution >= 0.6 is 0 Å². The molecular weight excluding hydrogens is 428 g/mol. The molecule has 34 heavy (non-hydrogen) atoms. The van der Waals surface area contributed by atoms with E-state index in [1.54, 1.807) is 14.2 Å². The number of methoxy groups -OCH3 is 2. The van der Waals surface area contributed by atoms with Gasteiger partial charge in [0.15, 0.2) is 11.5 Å². The summed E-state index contributed by atoms with van der Waals surface area (Å²) in [6.07, 6.45) is 9.53. The molecule has 0 radical (unpaired) electrons. The molecule has 1 aliphatic heterocycles. The molecule has 4 rings (SSSR count). The van der Waals surface area contributed by atoms with Crippen molar-refractivity contribution in [2.24, 2.45) is 5.41 Å². The fraction of sp³-hybridized carbons (Fsp3) is 0.464. The van der Waals surface area contributed by atoms with Gasteiger partial charge in [-0.1, -0.05) is 36.8 Å². The average Bonchev–Trinajstić information content (AvgIpc) is 3.02. The van der Waals surface area contributed by atoms with Crippen molar-refractivity contribution in [2.75, 3.05) is 20.8 Å². The highest BCUT2D eigenvalue weighted by Gasteiger charge is 2.49. The maximum Gasteiger partial charge on any atom is 0.244 e. The van der Waals surface area contributed by atoms with Crippen LogP contribution in [-0.2, 0) is 11.2 Å². The number of allylic oxidation sites excluding steroid dienone is 1. The van der Waals surface area contributed by atoms with E-state index >= 15 is 0 Å². The Balaban J connectivity index is 1.49. The predicted molar refractivity (Wildman–Crippen MR) is 133 cm³/mol. The lowest BCUT2D eigenvalue weighted by atomic mass is 9.81. The Morgan fingerprint density at radius 2 is 1.82 bits per heavy atom. The molecule has 6 heteroatoms. The van der Waals surface area contributed by atoms with E-state index in [1.807, 2.05) is 61.3 Å². The third-order valence-electron chi connectivity index (χ3n) is 6.90. The zero-order valence-electron chi connectivity index (χ0n) is 20.7. The van der Waals surface area contributed by atoms with E-state index in [4.69, 9.17) is 14.2 Å². The second kappa shape index (κ2) is 10.5. The number of carbonyl (C=O) groups is 1. The zero-order valence-corrected chi connectivity index (χ0v) is 20.7. The molecule has 2 atom stereocenters. The summed E-state index contributed by atoms with van der Waals surface area (Å²) in [6, 6.07) is 13.9. The van der Waals surface area contributed by atoms with E-state index < -0.39 is 5.41 Å². The summed E-state index contributed by atoms with van der Waals surface area (Å²) in [5.41, 5.74) is 5.14. The SMILES string of the molecule is COc1ccc(CCOc2cc(C3NN([C@H]4C=CCCCC4)C(=O)C3(C)C)ccc2OC)cc1. The van der Waals surface area contributed by atoms with Crippen molar-refractivity contribution < 1.29 is 19.0 Å². The Morgan fingerprint density at radius 3 is 2.56 bits per heavy atom. The van der Waals surface area contributed by atoms with Gasteiger partial charge in [0, 0.05) is 6.42 Å². The van der Waals surface area contributed by atoms with Gasteiger partial charge in [-0.15, -0.1) is 0 Å². The van der Waals surface area contributed by atoms with Gasteiger partial charge in [-0.05, 0) is 68.5 Å².